The number of rotatable bonds is 5. The summed E-state index contributed by atoms with van der Waals surface area (Å²) < 4.78 is 16.0. The highest BCUT2D eigenvalue weighted by Gasteiger charge is 2.31. The fourth-order valence-electron chi connectivity index (χ4n) is 4.15. The molecule has 1 fully saturated rings. The fraction of sp³-hybridized carbons (Fsp3) is 0.542. The van der Waals surface area contributed by atoms with E-state index < -0.39 is 5.60 Å². The van der Waals surface area contributed by atoms with Gasteiger partial charge in [0, 0.05) is 37.9 Å². The van der Waals surface area contributed by atoms with Crippen LogP contribution in [0.2, 0.25) is 0 Å². The second-order valence-electron chi connectivity index (χ2n) is 10.1. The largest absolute Gasteiger partial charge is 0.444 e. The maximum absolute atomic E-state index is 12.5. The van der Waals surface area contributed by atoms with Crippen LogP contribution in [0.25, 0.3) is 11.6 Å². The van der Waals surface area contributed by atoms with Crippen molar-refractivity contribution < 1.29 is 18.6 Å². The van der Waals surface area contributed by atoms with Crippen LogP contribution >= 0.6 is 0 Å². The number of ether oxygens (including phenoxy) is 1. The molecule has 35 heavy (non-hydrogen) atoms. The monoisotopic (exact) mass is 483 g/mol. The fourth-order valence-corrected chi connectivity index (χ4v) is 4.15. The molecule has 3 aromatic rings. The molecule has 0 saturated carbocycles. The molecule has 0 unspecified atom stereocenters. The molecule has 1 aromatic carbocycles. The summed E-state index contributed by atoms with van der Waals surface area (Å²) in [7, 11) is 0. The molecule has 11 nitrogen and oxygen atoms in total. The lowest BCUT2D eigenvalue weighted by Crippen LogP contribution is -2.54. The molecular weight excluding hydrogens is 450 g/mol. The Morgan fingerprint density at radius 1 is 1.17 bits per heavy atom. The van der Waals surface area contributed by atoms with E-state index in [0.717, 1.165) is 36.4 Å². The molecule has 0 bridgehead atoms. The summed E-state index contributed by atoms with van der Waals surface area (Å²) in [6, 6.07) is 4.57. The van der Waals surface area contributed by atoms with Crippen LogP contribution in [-0.4, -0.2) is 67.7 Å². The Bertz CT molecular complexity index is 1200. The molecule has 1 amide bonds. The minimum atomic E-state index is -0.500. The number of anilines is 2. The SMILES string of the molecule is Cc1cc(CN2CCN(C(=O)OC(C)(C)C)[C@@H](C)C2)c(C)c(Nc2nnc(-c3nonc3C)o2)c1. The molecule has 1 aliphatic heterocycles. The summed E-state index contributed by atoms with van der Waals surface area (Å²) in [6.45, 7) is 16.6. The summed E-state index contributed by atoms with van der Waals surface area (Å²) in [5, 5.41) is 18.9. The van der Waals surface area contributed by atoms with Gasteiger partial charge in [0.1, 0.15) is 11.3 Å². The second kappa shape index (κ2) is 9.65. The predicted molar refractivity (Wildman–Crippen MR) is 129 cm³/mol. The Morgan fingerprint density at radius 2 is 1.94 bits per heavy atom. The van der Waals surface area contributed by atoms with Crippen molar-refractivity contribution in [1.29, 1.82) is 0 Å². The van der Waals surface area contributed by atoms with E-state index in [0.29, 0.717) is 17.9 Å². The molecule has 3 heterocycles. The van der Waals surface area contributed by atoms with Crippen LogP contribution in [0.15, 0.2) is 21.2 Å². The Hall–Kier alpha value is -3.47. The van der Waals surface area contributed by atoms with Crippen molar-refractivity contribution in [2.45, 2.75) is 66.7 Å². The van der Waals surface area contributed by atoms with Gasteiger partial charge in [0.2, 0.25) is 0 Å². The lowest BCUT2D eigenvalue weighted by molar-refractivity contribution is 0.000539. The van der Waals surface area contributed by atoms with Crippen molar-refractivity contribution in [3.8, 4) is 11.6 Å². The van der Waals surface area contributed by atoms with Crippen LogP contribution in [0.3, 0.4) is 0 Å². The van der Waals surface area contributed by atoms with E-state index in [4.69, 9.17) is 13.8 Å². The summed E-state index contributed by atoms with van der Waals surface area (Å²) in [4.78, 5) is 16.7. The molecule has 0 spiro atoms. The van der Waals surface area contributed by atoms with Crippen LogP contribution < -0.4 is 5.32 Å². The Morgan fingerprint density at radius 3 is 2.60 bits per heavy atom. The van der Waals surface area contributed by atoms with Gasteiger partial charge in [-0.2, -0.15) is 0 Å². The standard InChI is InChI=1S/C24H33N7O4/c1-14-10-18(13-30-8-9-31(15(2)12-30)23(32)34-24(5,6)7)16(3)19(11-14)25-22-27-26-21(33-22)20-17(4)28-35-29-20/h10-11,15H,8-9,12-13H2,1-7H3,(H,25,27)/t15-/m0/s1. The lowest BCUT2D eigenvalue weighted by Gasteiger charge is -2.40. The normalized spacial score (nSPS) is 17.0. The number of carbonyl (C=O) groups excluding carboxylic acids is 1. The van der Waals surface area contributed by atoms with Crippen LogP contribution in [0.5, 0.6) is 0 Å². The van der Waals surface area contributed by atoms with Gasteiger partial charge in [-0.15, -0.1) is 5.10 Å². The van der Waals surface area contributed by atoms with Crippen LogP contribution in [0.1, 0.15) is 50.1 Å². The van der Waals surface area contributed by atoms with Crippen molar-refractivity contribution >= 4 is 17.8 Å². The molecule has 1 atom stereocenters. The molecular formula is C24H33N7O4. The van der Waals surface area contributed by atoms with Gasteiger partial charge in [-0.3, -0.25) is 4.90 Å². The lowest BCUT2D eigenvalue weighted by atomic mass is 10.0. The van der Waals surface area contributed by atoms with Crippen molar-refractivity contribution in [3.63, 3.8) is 0 Å². The number of benzene rings is 1. The molecule has 0 aliphatic carbocycles. The first-order chi connectivity index (χ1) is 16.5. The van der Waals surface area contributed by atoms with Gasteiger partial charge in [0.15, 0.2) is 5.69 Å². The van der Waals surface area contributed by atoms with Crippen molar-refractivity contribution in [2.24, 2.45) is 0 Å². The molecule has 0 radical (unpaired) electrons. The summed E-state index contributed by atoms with van der Waals surface area (Å²) in [5.41, 5.74) is 4.80. The van der Waals surface area contributed by atoms with Gasteiger partial charge in [-0.1, -0.05) is 16.3 Å². The first-order valence-electron chi connectivity index (χ1n) is 11.7. The molecule has 1 saturated heterocycles. The Labute approximate surface area is 204 Å². The highest BCUT2D eigenvalue weighted by Crippen LogP contribution is 2.28. The Balaban J connectivity index is 1.44. The highest BCUT2D eigenvalue weighted by molar-refractivity contribution is 5.68. The first-order valence-corrected chi connectivity index (χ1v) is 11.7. The van der Waals surface area contributed by atoms with Crippen LogP contribution in [0.4, 0.5) is 16.5 Å². The van der Waals surface area contributed by atoms with Crippen molar-refractivity contribution in [2.75, 3.05) is 25.0 Å². The average Bonchev–Trinajstić information content (AvgIpc) is 3.38. The molecule has 188 valence electrons. The zero-order valence-electron chi connectivity index (χ0n) is 21.4. The number of aryl methyl sites for hydroxylation is 2. The first kappa shape index (κ1) is 24.6. The highest BCUT2D eigenvalue weighted by atomic mass is 16.6. The third kappa shape index (κ3) is 5.79. The smallest absolute Gasteiger partial charge is 0.410 e. The average molecular weight is 484 g/mol. The molecule has 2 aromatic heterocycles. The number of hydrogen-bond donors (Lipinski definition) is 1. The van der Waals surface area contributed by atoms with Gasteiger partial charge < -0.3 is 19.4 Å². The van der Waals surface area contributed by atoms with Gasteiger partial charge in [-0.25, -0.2) is 9.42 Å². The molecule has 4 rings (SSSR count). The van der Waals surface area contributed by atoms with Crippen molar-refractivity contribution in [1.82, 2.24) is 30.3 Å². The number of amides is 1. The number of nitrogens with zero attached hydrogens (tertiary/aromatic N) is 6. The molecule has 1 aliphatic rings. The van der Waals surface area contributed by atoms with Crippen molar-refractivity contribution in [3.05, 3.63) is 34.5 Å². The van der Waals surface area contributed by atoms with Gasteiger partial charge in [-0.05, 0) is 76.4 Å². The summed E-state index contributed by atoms with van der Waals surface area (Å²) in [5.74, 6) is 0.244. The minimum Gasteiger partial charge on any atom is -0.444 e. The van der Waals surface area contributed by atoms with E-state index in [1.54, 1.807) is 6.92 Å². The van der Waals surface area contributed by atoms with Gasteiger partial charge in [0.05, 0.1) is 0 Å². The van der Waals surface area contributed by atoms with Gasteiger partial charge >= 0.3 is 12.1 Å². The second-order valence-corrected chi connectivity index (χ2v) is 10.1. The number of hydrogen-bond acceptors (Lipinski definition) is 10. The maximum Gasteiger partial charge on any atom is 0.410 e. The van der Waals surface area contributed by atoms with Crippen LogP contribution in [-0.2, 0) is 11.3 Å². The predicted octanol–water partition coefficient (Wildman–Crippen LogP) is 4.23. The third-order valence-electron chi connectivity index (χ3n) is 5.91. The Kier molecular flexibility index (Phi) is 6.79. The molecule has 11 heteroatoms. The number of nitrogens with one attached hydrogen (secondary N) is 1. The van der Waals surface area contributed by atoms with E-state index in [1.165, 1.54) is 5.56 Å². The third-order valence-corrected chi connectivity index (χ3v) is 5.91. The minimum absolute atomic E-state index is 0.0626. The van der Waals surface area contributed by atoms with Gasteiger partial charge in [0.25, 0.3) is 5.89 Å². The number of carbonyl (C=O) groups is 1. The van der Waals surface area contributed by atoms with Crippen LogP contribution in [0, 0.1) is 20.8 Å². The van der Waals surface area contributed by atoms with E-state index in [1.807, 2.05) is 25.7 Å². The number of piperazine rings is 1. The van der Waals surface area contributed by atoms with E-state index in [2.05, 4.69) is 63.6 Å². The molecule has 1 N–H and O–H groups in total. The zero-order valence-corrected chi connectivity index (χ0v) is 21.4. The quantitative estimate of drug-likeness (QED) is 0.564. The zero-order chi connectivity index (χ0) is 25.3. The van der Waals surface area contributed by atoms with E-state index in [9.17, 15) is 4.79 Å². The number of aromatic nitrogens is 4. The topological polar surface area (TPSA) is 123 Å². The summed E-state index contributed by atoms with van der Waals surface area (Å²) >= 11 is 0. The summed E-state index contributed by atoms with van der Waals surface area (Å²) in [6.07, 6.45) is -0.251. The van der Waals surface area contributed by atoms with E-state index >= 15 is 0 Å². The van der Waals surface area contributed by atoms with E-state index in [-0.39, 0.29) is 24.0 Å². The maximum atomic E-state index is 12.5.